The van der Waals surface area contributed by atoms with Gasteiger partial charge in [-0.2, -0.15) is 0 Å². The van der Waals surface area contributed by atoms with E-state index in [0.717, 1.165) is 24.2 Å². The number of para-hydroxylation sites is 2. The Kier molecular flexibility index (Phi) is 5.96. The van der Waals surface area contributed by atoms with E-state index in [4.69, 9.17) is 0 Å². The third kappa shape index (κ3) is 3.85. The summed E-state index contributed by atoms with van der Waals surface area (Å²) < 4.78 is 0. The monoisotopic (exact) mass is 293 g/mol. The number of allylic oxidation sites excluding steroid dienone is 1. The molecule has 1 unspecified atom stereocenters. The molecular weight excluding hydrogens is 270 g/mol. The van der Waals surface area contributed by atoms with Crippen LogP contribution in [0.2, 0.25) is 0 Å². The van der Waals surface area contributed by atoms with Crippen LogP contribution in [0.25, 0.3) is 0 Å². The summed E-state index contributed by atoms with van der Waals surface area (Å²) in [5, 5.41) is 0. The molecule has 22 heavy (non-hydrogen) atoms. The summed E-state index contributed by atoms with van der Waals surface area (Å²) in [4.78, 5) is 14.9. The summed E-state index contributed by atoms with van der Waals surface area (Å²) in [6.07, 6.45) is 4.41. The van der Waals surface area contributed by atoms with E-state index in [2.05, 4.69) is 13.5 Å². The maximum atomic E-state index is 13.1. The topological polar surface area (TPSA) is 20.3 Å². The molecule has 0 bridgehead atoms. The van der Waals surface area contributed by atoms with E-state index < -0.39 is 0 Å². The number of benzene rings is 2. The van der Waals surface area contributed by atoms with Crippen LogP contribution in [0.5, 0.6) is 0 Å². The first-order valence-electron chi connectivity index (χ1n) is 7.83. The number of carbonyl (C=O) groups is 1. The molecule has 114 valence electrons. The van der Waals surface area contributed by atoms with Gasteiger partial charge in [-0.05, 0) is 37.1 Å². The van der Waals surface area contributed by atoms with Gasteiger partial charge in [0.2, 0.25) is 5.91 Å². The number of rotatable bonds is 7. The van der Waals surface area contributed by atoms with Crippen molar-refractivity contribution in [2.24, 2.45) is 5.92 Å². The second kappa shape index (κ2) is 8.18. The lowest BCUT2D eigenvalue weighted by Gasteiger charge is -2.27. The smallest absolute Gasteiger partial charge is 0.234 e. The van der Waals surface area contributed by atoms with Crippen LogP contribution in [0.1, 0.15) is 26.2 Å². The van der Waals surface area contributed by atoms with Crippen molar-refractivity contribution in [1.29, 1.82) is 0 Å². The van der Waals surface area contributed by atoms with Crippen LogP contribution in [0.3, 0.4) is 0 Å². The minimum absolute atomic E-state index is 0.0251. The lowest BCUT2D eigenvalue weighted by Crippen LogP contribution is -2.32. The van der Waals surface area contributed by atoms with Crippen molar-refractivity contribution in [1.82, 2.24) is 0 Å². The standard InChI is InChI=1S/C20H23NO/c1-3-11-17(12-4-2)20(22)21(18-13-7-5-8-14-18)19-15-9-6-10-16-19/h3,5-10,13-17H,1,4,11-12H2,2H3. The maximum absolute atomic E-state index is 13.1. The van der Waals surface area contributed by atoms with Crippen molar-refractivity contribution < 1.29 is 4.79 Å². The Bertz CT molecular complexity index is 552. The van der Waals surface area contributed by atoms with Crippen molar-refractivity contribution in [3.8, 4) is 0 Å². The quantitative estimate of drug-likeness (QED) is 0.631. The van der Waals surface area contributed by atoms with Gasteiger partial charge >= 0.3 is 0 Å². The van der Waals surface area contributed by atoms with E-state index in [1.165, 1.54) is 0 Å². The number of hydrogen-bond donors (Lipinski definition) is 0. The van der Waals surface area contributed by atoms with Crippen LogP contribution >= 0.6 is 0 Å². The van der Waals surface area contributed by atoms with Crippen LogP contribution in [0, 0.1) is 5.92 Å². The molecule has 2 heteroatoms. The van der Waals surface area contributed by atoms with Crippen LogP contribution in [-0.4, -0.2) is 5.91 Å². The average Bonchev–Trinajstić information content (AvgIpc) is 2.57. The molecule has 0 radical (unpaired) electrons. The zero-order valence-corrected chi connectivity index (χ0v) is 13.1. The minimum atomic E-state index is -0.0251. The van der Waals surface area contributed by atoms with Crippen LogP contribution in [0.4, 0.5) is 11.4 Å². The second-order valence-electron chi connectivity index (χ2n) is 5.35. The van der Waals surface area contributed by atoms with E-state index in [-0.39, 0.29) is 11.8 Å². The van der Waals surface area contributed by atoms with Gasteiger partial charge in [-0.15, -0.1) is 6.58 Å². The van der Waals surface area contributed by atoms with Crippen molar-refractivity contribution in [3.63, 3.8) is 0 Å². The summed E-state index contributed by atoms with van der Waals surface area (Å²) in [6, 6.07) is 19.7. The fourth-order valence-electron chi connectivity index (χ4n) is 2.63. The molecule has 0 N–H and O–H groups in total. The van der Waals surface area contributed by atoms with Gasteiger partial charge in [0, 0.05) is 17.3 Å². The van der Waals surface area contributed by atoms with Crippen molar-refractivity contribution in [2.75, 3.05) is 4.90 Å². The van der Waals surface area contributed by atoms with Crippen LogP contribution in [-0.2, 0) is 4.79 Å². The Labute approximate surface area is 133 Å². The van der Waals surface area contributed by atoms with Crippen LogP contribution in [0.15, 0.2) is 73.3 Å². The van der Waals surface area contributed by atoms with E-state index in [0.29, 0.717) is 6.42 Å². The van der Waals surface area contributed by atoms with Gasteiger partial charge < -0.3 is 0 Å². The number of nitrogens with zero attached hydrogens (tertiary/aromatic N) is 1. The summed E-state index contributed by atoms with van der Waals surface area (Å²) in [5.74, 6) is 0.113. The van der Waals surface area contributed by atoms with Crippen molar-refractivity contribution in [3.05, 3.63) is 73.3 Å². The summed E-state index contributed by atoms with van der Waals surface area (Å²) >= 11 is 0. The van der Waals surface area contributed by atoms with E-state index >= 15 is 0 Å². The molecule has 0 spiro atoms. The highest BCUT2D eigenvalue weighted by molar-refractivity contribution is 6.01. The molecular formula is C20H23NO. The highest BCUT2D eigenvalue weighted by Crippen LogP contribution is 2.29. The number of carbonyl (C=O) groups excluding carboxylic acids is 1. The number of hydrogen-bond acceptors (Lipinski definition) is 1. The van der Waals surface area contributed by atoms with E-state index in [1.807, 2.05) is 71.6 Å². The molecule has 0 heterocycles. The second-order valence-corrected chi connectivity index (χ2v) is 5.35. The van der Waals surface area contributed by atoms with Gasteiger partial charge in [0.15, 0.2) is 0 Å². The van der Waals surface area contributed by atoms with Gasteiger partial charge in [-0.3, -0.25) is 9.69 Å². The van der Waals surface area contributed by atoms with Gasteiger partial charge in [0.25, 0.3) is 0 Å². The molecule has 0 aromatic heterocycles. The summed E-state index contributed by atoms with van der Waals surface area (Å²) in [7, 11) is 0. The Morgan fingerprint density at radius 2 is 1.55 bits per heavy atom. The molecule has 0 aliphatic rings. The highest BCUT2D eigenvalue weighted by Gasteiger charge is 2.25. The number of anilines is 2. The number of amides is 1. The normalized spacial score (nSPS) is 11.7. The predicted molar refractivity (Wildman–Crippen MR) is 93.2 cm³/mol. The molecule has 1 amide bonds. The third-order valence-electron chi connectivity index (χ3n) is 3.69. The average molecular weight is 293 g/mol. The molecule has 1 atom stereocenters. The molecule has 0 saturated heterocycles. The third-order valence-corrected chi connectivity index (χ3v) is 3.69. The maximum Gasteiger partial charge on any atom is 0.234 e. The fourth-order valence-corrected chi connectivity index (χ4v) is 2.63. The van der Waals surface area contributed by atoms with Gasteiger partial charge in [-0.1, -0.05) is 55.8 Å². The lowest BCUT2D eigenvalue weighted by atomic mass is 9.97. The Morgan fingerprint density at radius 1 is 1.05 bits per heavy atom. The molecule has 2 aromatic carbocycles. The summed E-state index contributed by atoms with van der Waals surface area (Å²) in [5.41, 5.74) is 1.81. The molecule has 2 rings (SSSR count). The SMILES string of the molecule is C=CCC(CCC)C(=O)N(c1ccccc1)c1ccccc1. The largest absolute Gasteiger partial charge is 0.281 e. The molecule has 2 aromatic rings. The Hall–Kier alpha value is -2.35. The first-order chi connectivity index (χ1) is 10.8. The zero-order chi connectivity index (χ0) is 15.8. The molecule has 2 nitrogen and oxygen atoms in total. The predicted octanol–water partition coefficient (Wildman–Crippen LogP) is 5.34. The first kappa shape index (κ1) is 16.0. The van der Waals surface area contributed by atoms with Crippen LogP contribution < -0.4 is 4.90 Å². The van der Waals surface area contributed by atoms with Crippen molar-refractivity contribution >= 4 is 17.3 Å². The van der Waals surface area contributed by atoms with Crippen molar-refractivity contribution in [2.45, 2.75) is 26.2 Å². The molecule has 0 saturated carbocycles. The zero-order valence-electron chi connectivity index (χ0n) is 13.1. The first-order valence-corrected chi connectivity index (χ1v) is 7.83. The molecule has 0 aliphatic heterocycles. The molecule has 0 fully saturated rings. The van der Waals surface area contributed by atoms with Gasteiger partial charge in [0.05, 0.1) is 0 Å². The fraction of sp³-hybridized carbons (Fsp3) is 0.250. The minimum Gasteiger partial charge on any atom is -0.281 e. The Balaban J connectivity index is 2.40. The highest BCUT2D eigenvalue weighted by atomic mass is 16.2. The summed E-state index contributed by atoms with van der Waals surface area (Å²) in [6.45, 7) is 5.91. The lowest BCUT2D eigenvalue weighted by molar-refractivity contribution is -0.121. The van der Waals surface area contributed by atoms with Gasteiger partial charge in [-0.25, -0.2) is 0 Å². The Morgan fingerprint density at radius 3 is 1.95 bits per heavy atom. The molecule has 0 aliphatic carbocycles. The van der Waals surface area contributed by atoms with Gasteiger partial charge in [0.1, 0.15) is 0 Å². The van der Waals surface area contributed by atoms with E-state index in [1.54, 1.807) is 0 Å². The van der Waals surface area contributed by atoms with E-state index in [9.17, 15) is 4.79 Å².